The number of hydrogen-bond donors (Lipinski definition) is 1. The molecule has 3 nitrogen and oxygen atoms in total. The molecule has 1 N–H and O–H groups in total. The molecule has 0 saturated heterocycles. The third-order valence-corrected chi connectivity index (χ3v) is 3.76. The van der Waals surface area contributed by atoms with Gasteiger partial charge in [0.05, 0.1) is 6.20 Å². The van der Waals surface area contributed by atoms with E-state index < -0.39 is 0 Å². The van der Waals surface area contributed by atoms with Crippen molar-refractivity contribution in [3.8, 4) is 0 Å². The number of nitrogens with one attached hydrogen (secondary N) is 1. The highest BCUT2D eigenvalue weighted by Crippen LogP contribution is 2.18. The van der Waals surface area contributed by atoms with Crippen molar-refractivity contribution < 1.29 is 0 Å². The summed E-state index contributed by atoms with van der Waals surface area (Å²) in [6.07, 6.45) is 9.13. The monoisotopic (exact) mass is 255 g/mol. The van der Waals surface area contributed by atoms with Gasteiger partial charge in [-0.25, -0.2) is 0 Å². The lowest BCUT2D eigenvalue weighted by Gasteiger charge is -2.12. The fourth-order valence-electron chi connectivity index (χ4n) is 1.71. The molecule has 1 rings (SSSR count). The van der Waals surface area contributed by atoms with Crippen molar-refractivity contribution in [3.63, 3.8) is 0 Å². The first kappa shape index (κ1) is 14.6. The molecule has 0 radical (unpaired) electrons. The number of aryl methyl sites for hydroxylation is 1. The molecule has 1 unspecified atom stereocenters. The average molecular weight is 255 g/mol. The van der Waals surface area contributed by atoms with Gasteiger partial charge in [0.15, 0.2) is 0 Å². The predicted molar refractivity (Wildman–Crippen MR) is 75.5 cm³/mol. The Labute approximate surface area is 109 Å². The zero-order valence-electron chi connectivity index (χ0n) is 11.3. The van der Waals surface area contributed by atoms with Gasteiger partial charge in [-0.15, -0.1) is 11.8 Å². The molecule has 1 aromatic rings. The van der Waals surface area contributed by atoms with Crippen LogP contribution in [-0.4, -0.2) is 28.1 Å². The van der Waals surface area contributed by atoms with E-state index in [9.17, 15) is 0 Å². The SMILES string of the molecule is CCCNC(C)CCCCSc1cnn(C)c1. The minimum atomic E-state index is 0.665. The van der Waals surface area contributed by atoms with Crippen LogP contribution in [0, 0.1) is 0 Å². The maximum absolute atomic E-state index is 4.16. The zero-order valence-corrected chi connectivity index (χ0v) is 12.1. The van der Waals surface area contributed by atoms with Crippen LogP contribution in [0.5, 0.6) is 0 Å². The molecular formula is C13H25N3S. The molecule has 0 fully saturated rings. The van der Waals surface area contributed by atoms with Gasteiger partial charge in [0.1, 0.15) is 0 Å². The van der Waals surface area contributed by atoms with Crippen LogP contribution in [-0.2, 0) is 7.05 Å². The summed E-state index contributed by atoms with van der Waals surface area (Å²) in [5.41, 5.74) is 0. The highest BCUT2D eigenvalue weighted by Gasteiger charge is 2.01. The fourth-order valence-corrected chi connectivity index (χ4v) is 2.64. The first-order valence-corrected chi connectivity index (χ1v) is 7.55. The minimum Gasteiger partial charge on any atom is -0.314 e. The van der Waals surface area contributed by atoms with Crippen molar-refractivity contribution >= 4 is 11.8 Å². The van der Waals surface area contributed by atoms with Gasteiger partial charge in [-0.05, 0) is 38.5 Å². The van der Waals surface area contributed by atoms with Gasteiger partial charge in [0.2, 0.25) is 0 Å². The molecule has 1 atom stereocenters. The Morgan fingerprint density at radius 2 is 2.29 bits per heavy atom. The van der Waals surface area contributed by atoms with Crippen molar-refractivity contribution in [2.75, 3.05) is 12.3 Å². The Hall–Kier alpha value is -0.480. The molecule has 0 aliphatic heterocycles. The third-order valence-electron chi connectivity index (χ3n) is 2.72. The Balaban J connectivity index is 1.97. The molecule has 0 aliphatic carbocycles. The molecular weight excluding hydrogens is 230 g/mol. The second kappa shape index (κ2) is 8.59. The van der Waals surface area contributed by atoms with E-state index in [2.05, 4.69) is 30.5 Å². The maximum Gasteiger partial charge on any atom is 0.0625 e. The zero-order chi connectivity index (χ0) is 12.5. The van der Waals surface area contributed by atoms with Crippen molar-refractivity contribution in [2.45, 2.75) is 50.5 Å². The van der Waals surface area contributed by atoms with Gasteiger partial charge in [-0.2, -0.15) is 5.10 Å². The van der Waals surface area contributed by atoms with Gasteiger partial charge in [0.25, 0.3) is 0 Å². The summed E-state index contributed by atoms with van der Waals surface area (Å²) in [6, 6.07) is 0.665. The summed E-state index contributed by atoms with van der Waals surface area (Å²) in [4.78, 5) is 1.28. The average Bonchev–Trinajstić information content (AvgIpc) is 2.72. The lowest BCUT2D eigenvalue weighted by molar-refractivity contribution is 0.496. The summed E-state index contributed by atoms with van der Waals surface area (Å²) in [5.74, 6) is 1.20. The van der Waals surface area contributed by atoms with Crippen LogP contribution in [0.2, 0.25) is 0 Å². The normalized spacial score (nSPS) is 12.9. The van der Waals surface area contributed by atoms with E-state index in [1.54, 1.807) is 0 Å². The molecule has 98 valence electrons. The third kappa shape index (κ3) is 6.74. The lowest BCUT2D eigenvalue weighted by atomic mass is 10.1. The molecule has 17 heavy (non-hydrogen) atoms. The topological polar surface area (TPSA) is 29.9 Å². The van der Waals surface area contributed by atoms with E-state index >= 15 is 0 Å². The number of thioether (sulfide) groups is 1. The Morgan fingerprint density at radius 3 is 2.94 bits per heavy atom. The largest absolute Gasteiger partial charge is 0.314 e. The van der Waals surface area contributed by atoms with Crippen LogP contribution in [0.25, 0.3) is 0 Å². The minimum absolute atomic E-state index is 0.665. The van der Waals surface area contributed by atoms with Crippen LogP contribution in [0.4, 0.5) is 0 Å². The van der Waals surface area contributed by atoms with Crippen LogP contribution < -0.4 is 5.32 Å². The molecule has 1 aromatic heterocycles. The molecule has 0 aromatic carbocycles. The standard InChI is InChI=1S/C13H25N3S/c1-4-8-14-12(2)7-5-6-9-17-13-10-15-16(3)11-13/h10-12,14H,4-9H2,1-3H3. The van der Waals surface area contributed by atoms with Crippen molar-refractivity contribution in [1.29, 1.82) is 0 Å². The lowest BCUT2D eigenvalue weighted by Crippen LogP contribution is -2.26. The van der Waals surface area contributed by atoms with Crippen LogP contribution >= 0.6 is 11.8 Å². The maximum atomic E-state index is 4.16. The molecule has 0 aliphatic rings. The number of aromatic nitrogens is 2. The molecule has 4 heteroatoms. The highest BCUT2D eigenvalue weighted by atomic mass is 32.2. The quantitative estimate of drug-likeness (QED) is 0.543. The van der Waals surface area contributed by atoms with Crippen LogP contribution in [0.15, 0.2) is 17.3 Å². The first-order chi connectivity index (χ1) is 8.22. The summed E-state index contributed by atoms with van der Waals surface area (Å²) < 4.78 is 1.86. The van der Waals surface area contributed by atoms with Crippen molar-refractivity contribution in [3.05, 3.63) is 12.4 Å². The Kier molecular flexibility index (Phi) is 7.37. The van der Waals surface area contributed by atoms with E-state index in [4.69, 9.17) is 0 Å². The van der Waals surface area contributed by atoms with Gasteiger partial charge in [-0.3, -0.25) is 4.68 Å². The molecule has 0 amide bonds. The van der Waals surface area contributed by atoms with E-state index in [1.807, 2.05) is 29.7 Å². The number of rotatable bonds is 9. The van der Waals surface area contributed by atoms with E-state index in [1.165, 1.54) is 36.3 Å². The second-order valence-corrected chi connectivity index (χ2v) is 5.72. The Morgan fingerprint density at radius 1 is 1.47 bits per heavy atom. The van der Waals surface area contributed by atoms with Gasteiger partial charge >= 0.3 is 0 Å². The van der Waals surface area contributed by atoms with Gasteiger partial charge in [-0.1, -0.05) is 13.3 Å². The van der Waals surface area contributed by atoms with E-state index in [0.717, 1.165) is 6.54 Å². The highest BCUT2D eigenvalue weighted by molar-refractivity contribution is 7.99. The van der Waals surface area contributed by atoms with Gasteiger partial charge in [0, 0.05) is 24.2 Å². The fraction of sp³-hybridized carbons (Fsp3) is 0.769. The van der Waals surface area contributed by atoms with Crippen molar-refractivity contribution in [2.24, 2.45) is 7.05 Å². The Bertz CT molecular complexity index is 299. The van der Waals surface area contributed by atoms with Gasteiger partial charge < -0.3 is 5.32 Å². The predicted octanol–water partition coefficient (Wildman–Crippen LogP) is 3.07. The summed E-state index contributed by atoms with van der Waals surface area (Å²) in [5, 5.41) is 7.69. The number of unbranched alkanes of at least 4 members (excludes halogenated alkanes) is 1. The van der Waals surface area contributed by atoms with Crippen LogP contribution in [0.1, 0.15) is 39.5 Å². The summed E-state index contributed by atoms with van der Waals surface area (Å²) >= 11 is 1.91. The second-order valence-electron chi connectivity index (χ2n) is 4.55. The van der Waals surface area contributed by atoms with E-state index in [-0.39, 0.29) is 0 Å². The van der Waals surface area contributed by atoms with Crippen LogP contribution in [0.3, 0.4) is 0 Å². The molecule has 0 saturated carbocycles. The summed E-state index contributed by atoms with van der Waals surface area (Å²) in [6.45, 7) is 5.64. The van der Waals surface area contributed by atoms with Crippen molar-refractivity contribution in [1.82, 2.24) is 15.1 Å². The molecule has 0 bridgehead atoms. The number of hydrogen-bond acceptors (Lipinski definition) is 3. The van der Waals surface area contributed by atoms with E-state index in [0.29, 0.717) is 6.04 Å². The molecule has 1 heterocycles. The smallest absolute Gasteiger partial charge is 0.0625 e. The number of nitrogens with zero attached hydrogens (tertiary/aromatic N) is 2. The molecule has 0 spiro atoms. The first-order valence-electron chi connectivity index (χ1n) is 6.57. The summed E-state index contributed by atoms with van der Waals surface area (Å²) in [7, 11) is 1.96.